The molecule has 0 spiro atoms. The zero-order valence-electron chi connectivity index (χ0n) is 10.4. The van der Waals surface area contributed by atoms with Crippen molar-refractivity contribution in [2.75, 3.05) is 19.4 Å². The molecule has 0 saturated heterocycles. The van der Waals surface area contributed by atoms with E-state index < -0.39 is 0 Å². The molecule has 4 heteroatoms. The number of aromatic nitrogens is 1. The van der Waals surface area contributed by atoms with Crippen molar-refractivity contribution in [3.05, 3.63) is 22.8 Å². The molecule has 0 bridgehead atoms. The fourth-order valence-corrected chi connectivity index (χ4v) is 1.60. The van der Waals surface area contributed by atoms with Crippen LogP contribution in [-0.4, -0.2) is 30.0 Å². The highest BCUT2D eigenvalue weighted by Crippen LogP contribution is 2.18. The van der Waals surface area contributed by atoms with Crippen LogP contribution in [-0.2, 0) is 6.54 Å². The topological polar surface area (TPSA) is 28.2 Å². The van der Waals surface area contributed by atoms with E-state index in [1.165, 1.54) is 0 Å². The first kappa shape index (κ1) is 13.3. The highest BCUT2D eigenvalue weighted by atomic mass is 35.5. The number of pyridine rings is 1. The molecule has 0 amide bonds. The van der Waals surface area contributed by atoms with Crippen LogP contribution in [0, 0.1) is 0 Å². The smallest absolute Gasteiger partial charge is 0.126 e. The fourth-order valence-electron chi connectivity index (χ4n) is 1.44. The maximum Gasteiger partial charge on any atom is 0.126 e. The van der Waals surface area contributed by atoms with Gasteiger partial charge in [-0.3, -0.25) is 4.90 Å². The van der Waals surface area contributed by atoms with Crippen LogP contribution in [0.5, 0.6) is 0 Å². The molecular formula is C12H20ClN3. The summed E-state index contributed by atoms with van der Waals surface area (Å²) >= 11 is 6.13. The molecule has 0 fully saturated rings. The molecule has 90 valence electrons. The molecule has 3 nitrogen and oxygen atoms in total. The van der Waals surface area contributed by atoms with E-state index in [4.69, 9.17) is 11.6 Å². The Morgan fingerprint density at radius 3 is 2.75 bits per heavy atom. The van der Waals surface area contributed by atoms with Crippen molar-refractivity contribution >= 4 is 17.4 Å². The lowest BCUT2D eigenvalue weighted by Gasteiger charge is -2.23. The zero-order valence-corrected chi connectivity index (χ0v) is 11.2. The molecule has 0 radical (unpaired) electrons. The average Bonchev–Trinajstić information content (AvgIpc) is 2.30. The summed E-state index contributed by atoms with van der Waals surface area (Å²) in [5.41, 5.74) is 0.927. The van der Waals surface area contributed by atoms with E-state index in [0.717, 1.165) is 29.5 Å². The lowest BCUT2D eigenvalue weighted by Crippen LogP contribution is -2.28. The molecule has 0 aliphatic rings. The second-order valence-corrected chi connectivity index (χ2v) is 4.45. The Morgan fingerprint density at radius 2 is 2.19 bits per heavy atom. The summed E-state index contributed by atoms with van der Waals surface area (Å²) in [4.78, 5) is 6.72. The van der Waals surface area contributed by atoms with Crippen LogP contribution in [0.1, 0.15) is 26.0 Å². The largest absolute Gasteiger partial charge is 0.373 e. The van der Waals surface area contributed by atoms with E-state index in [0.29, 0.717) is 6.04 Å². The summed E-state index contributed by atoms with van der Waals surface area (Å²) in [6, 6.07) is 4.31. The van der Waals surface area contributed by atoms with Gasteiger partial charge >= 0.3 is 0 Å². The fraction of sp³-hybridized carbons (Fsp3) is 0.583. The maximum atomic E-state index is 6.13. The van der Waals surface area contributed by atoms with Gasteiger partial charge in [-0.05, 0) is 32.5 Å². The van der Waals surface area contributed by atoms with Gasteiger partial charge in [-0.2, -0.15) is 0 Å². The molecule has 0 aliphatic carbocycles. The van der Waals surface area contributed by atoms with Crippen LogP contribution < -0.4 is 5.32 Å². The van der Waals surface area contributed by atoms with E-state index in [1.807, 2.05) is 19.2 Å². The van der Waals surface area contributed by atoms with Crippen LogP contribution in [0.4, 0.5) is 5.82 Å². The third-order valence-electron chi connectivity index (χ3n) is 2.92. The maximum absolute atomic E-state index is 6.13. The first-order valence-corrected chi connectivity index (χ1v) is 5.99. The normalized spacial score (nSPS) is 12.9. The molecular weight excluding hydrogens is 222 g/mol. The second-order valence-electron chi connectivity index (χ2n) is 4.05. The Bertz CT molecular complexity index is 341. The molecule has 1 aromatic heterocycles. The summed E-state index contributed by atoms with van der Waals surface area (Å²) in [5, 5.41) is 3.75. The minimum absolute atomic E-state index is 0.538. The summed E-state index contributed by atoms with van der Waals surface area (Å²) in [6.45, 7) is 5.17. The molecule has 0 aliphatic heterocycles. The predicted octanol–water partition coefficient (Wildman–Crippen LogP) is 3.01. The Kier molecular flexibility index (Phi) is 5.03. The Morgan fingerprint density at radius 1 is 1.50 bits per heavy atom. The molecule has 1 heterocycles. The highest BCUT2D eigenvalue weighted by Gasteiger charge is 2.11. The third-order valence-corrected chi connectivity index (χ3v) is 3.26. The van der Waals surface area contributed by atoms with E-state index in [-0.39, 0.29) is 0 Å². The van der Waals surface area contributed by atoms with E-state index in [2.05, 4.69) is 36.1 Å². The van der Waals surface area contributed by atoms with Gasteiger partial charge in [0.15, 0.2) is 0 Å². The first-order valence-electron chi connectivity index (χ1n) is 5.61. The van der Waals surface area contributed by atoms with Crippen molar-refractivity contribution in [1.82, 2.24) is 9.88 Å². The van der Waals surface area contributed by atoms with Gasteiger partial charge in [-0.1, -0.05) is 18.5 Å². The minimum Gasteiger partial charge on any atom is -0.373 e. The van der Waals surface area contributed by atoms with Gasteiger partial charge in [0.25, 0.3) is 0 Å². The number of nitrogens with one attached hydrogen (secondary N) is 1. The summed E-state index contributed by atoms with van der Waals surface area (Å²) in [5.74, 6) is 0.858. The Hall–Kier alpha value is -0.800. The van der Waals surface area contributed by atoms with E-state index in [1.54, 1.807) is 0 Å². The molecule has 1 unspecified atom stereocenters. The molecule has 0 aromatic carbocycles. The third kappa shape index (κ3) is 3.35. The first-order chi connectivity index (χ1) is 7.58. The van der Waals surface area contributed by atoms with Crippen LogP contribution in [0.3, 0.4) is 0 Å². The summed E-state index contributed by atoms with van der Waals surface area (Å²) in [6.07, 6.45) is 1.12. The molecule has 0 saturated carbocycles. The Balaban J connectivity index is 2.79. The minimum atomic E-state index is 0.538. The molecule has 1 atom stereocenters. The number of hydrogen-bond donors (Lipinski definition) is 1. The van der Waals surface area contributed by atoms with Crippen LogP contribution in [0.15, 0.2) is 12.1 Å². The van der Waals surface area contributed by atoms with Crippen molar-refractivity contribution in [1.29, 1.82) is 0 Å². The standard InChI is InChI=1S/C12H20ClN3/c1-5-9(2)16(4)8-11-10(13)6-7-12(14-3)15-11/h6-7,9H,5,8H2,1-4H3,(H,14,15). The van der Waals surface area contributed by atoms with Crippen molar-refractivity contribution < 1.29 is 0 Å². The molecule has 1 N–H and O–H groups in total. The quantitative estimate of drug-likeness (QED) is 0.859. The molecule has 1 aromatic rings. The molecule has 16 heavy (non-hydrogen) atoms. The van der Waals surface area contributed by atoms with Gasteiger partial charge in [0.1, 0.15) is 5.82 Å². The summed E-state index contributed by atoms with van der Waals surface area (Å²) in [7, 11) is 3.95. The molecule has 1 rings (SSSR count). The van der Waals surface area contributed by atoms with Crippen LogP contribution >= 0.6 is 11.6 Å². The van der Waals surface area contributed by atoms with Crippen molar-refractivity contribution in [3.8, 4) is 0 Å². The number of halogens is 1. The Labute approximate surface area is 103 Å². The predicted molar refractivity (Wildman–Crippen MR) is 70.0 cm³/mol. The van der Waals surface area contributed by atoms with Gasteiger partial charge in [0.05, 0.1) is 10.7 Å². The SMILES string of the molecule is CCC(C)N(C)Cc1nc(NC)ccc1Cl. The second kappa shape index (κ2) is 6.06. The monoisotopic (exact) mass is 241 g/mol. The van der Waals surface area contributed by atoms with Crippen molar-refractivity contribution in [2.45, 2.75) is 32.9 Å². The highest BCUT2D eigenvalue weighted by molar-refractivity contribution is 6.31. The van der Waals surface area contributed by atoms with Gasteiger partial charge in [0.2, 0.25) is 0 Å². The van der Waals surface area contributed by atoms with E-state index in [9.17, 15) is 0 Å². The lowest BCUT2D eigenvalue weighted by atomic mass is 10.2. The number of anilines is 1. The van der Waals surface area contributed by atoms with Gasteiger partial charge in [-0.25, -0.2) is 4.98 Å². The number of hydrogen-bond acceptors (Lipinski definition) is 3. The van der Waals surface area contributed by atoms with Gasteiger partial charge < -0.3 is 5.32 Å². The van der Waals surface area contributed by atoms with Crippen LogP contribution in [0.25, 0.3) is 0 Å². The zero-order chi connectivity index (χ0) is 12.1. The average molecular weight is 242 g/mol. The van der Waals surface area contributed by atoms with Crippen molar-refractivity contribution in [3.63, 3.8) is 0 Å². The summed E-state index contributed by atoms with van der Waals surface area (Å²) < 4.78 is 0. The van der Waals surface area contributed by atoms with E-state index >= 15 is 0 Å². The number of nitrogens with zero attached hydrogens (tertiary/aromatic N) is 2. The number of rotatable bonds is 5. The van der Waals surface area contributed by atoms with Gasteiger partial charge in [0, 0.05) is 19.6 Å². The van der Waals surface area contributed by atoms with Crippen molar-refractivity contribution in [2.24, 2.45) is 0 Å². The van der Waals surface area contributed by atoms with Gasteiger partial charge in [-0.15, -0.1) is 0 Å². The lowest BCUT2D eigenvalue weighted by molar-refractivity contribution is 0.241. The van der Waals surface area contributed by atoms with Crippen LogP contribution in [0.2, 0.25) is 5.02 Å².